The highest BCUT2D eigenvalue weighted by atomic mass is 35.5. The molecular weight excluding hydrogens is 535 g/mol. The van der Waals surface area contributed by atoms with Crippen molar-refractivity contribution in [3.8, 4) is 5.88 Å². The number of aromatic nitrogens is 1. The van der Waals surface area contributed by atoms with Gasteiger partial charge in [-0.3, -0.25) is 4.90 Å². The molecule has 3 aromatic rings. The molecule has 11 heteroatoms. The van der Waals surface area contributed by atoms with Crippen LogP contribution in [0.5, 0.6) is 5.88 Å². The Morgan fingerprint density at radius 2 is 1.79 bits per heavy atom. The molecule has 1 N–H and O–H groups in total. The van der Waals surface area contributed by atoms with Gasteiger partial charge in [0, 0.05) is 48.7 Å². The van der Waals surface area contributed by atoms with Crippen LogP contribution in [0.2, 0.25) is 5.02 Å². The molecule has 0 atom stereocenters. The van der Waals surface area contributed by atoms with Crippen LogP contribution in [0, 0.1) is 0 Å². The highest BCUT2D eigenvalue weighted by Crippen LogP contribution is 2.40. The summed E-state index contributed by atoms with van der Waals surface area (Å²) in [5.74, 6) is -0.195. The minimum absolute atomic E-state index is 0.00954. The van der Waals surface area contributed by atoms with E-state index < -0.39 is 11.7 Å². The maximum Gasteiger partial charge on any atom is 0.416 e. The second-order valence-corrected chi connectivity index (χ2v) is 11.8. The van der Waals surface area contributed by atoms with Crippen LogP contribution in [-0.2, 0) is 12.6 Å². The quantitative estimate of drug-likeness (QED) is 0.495. The zero-order valence-corrected chi connectivity index (χ0v) is 22.8. The van der Waals surface area contributed by atoms with Crippen LogP contribution in [-0.4, -0.2) is 52.9 Å². The number of halogens is 4. The van der Waals surface area contributed by atoms with E-state index in [1.165, 1.54) is 23.5 Å². The minimum Gasteiger partial charge on any atom is -0.492 e. The predicted octanol–water partition coefficient (Wildman–Crippen LogP) is 4.85. The van der Waals surface area contributed by atoms with Crippen LogP contribution in [0.15, 0.2) is 46.6 Å². The third kappa shape index (κ3) is 5.43. The van der Waals surface area contributed by atoms with Gasteiger partial charge in [-0.2, -0.15) is 28.4 Å². The van der Waals surface area contributed by atoms with Gasteiger partial charge < -0.3 is 10.0 Å². The standard InChI is InChI=1S/C27H27ClF3N5OS/c1-26(2,3)36-10-8-35(9-11-36)25-33-24(37)23(38-25)20(16-5-7-22-18(12-16)15-32-34-22)13-17-4-6-19(28)14-21(17)27(29,30)31/h4-7,12,14-15,37H,8-11,13H2,1-3H3. The summed E-state index contributed by atoms with van der Waals surface area (Å²) in [6.45, 7) is 9.72. The van der Waals surface area contributed by atoms with Gasteiger partial charge in [0.15, 0.2) is 5.13 Å². The molecule has 200 valence electrons. The fourth-order valence-electron chi connectivity index (χ4n) is 4.76. The molecule has 2 aromatic carbocycles. The van der Waals surface area contributed by atoms with Crippen LogP contribution < -0.4 is 15.5 Å². The second-order valence-electron chi connectivity index (χ2n) is 10.4. The molecule has 38 heavy (non-hydrogen) atoms. The number of rotatable bonds is 4. The van der Waals surface area contributed by atoms with Gasteiger partial charge >= 0.3 is 6.18 Å². The fraction of sp³-hybridized carbons (Fsp3) is 0.370. The van der Waals surface area contributed by atoms with E-state index in [4.69, 9.17) is 11.6 Å². The van der Waals surface area contributed by atoms with Gasteiger partial charge in [-0.25, -0.2) is 0 Å². The monoisotopic (exact) mass is 561 g/mol. The summed E-state index contributed by atoms with van der Waals surface area (Å²) in [6.07, 6.45) is -3.05. The van der Waals surface area contributed by atoms with Crippen LogP contribution in [0.3, 0.4) is 0 Å². The Morgan fingerprint density at radius 3 is 2.47 bits per heavy atom. The zero-order chi connectivity index (χ0) is 27.2. The molecule has 0 amide bonds. The molecular formula is C27H27ClF3N5OS. The maximum absolute atomic E-state index is 13.9. The van der Waals surface area contributed by atoms with E-state index in [9.17, 15) is 18.3 Å². The topological polar surface area (TPSA) is 64.3 Å². The first-order chi connectivity index (χ1) is 17.9. The van der Waals surface area contributed by atoms with Crippen molar-refractivity contribution in [1.82, 2.24) is 9.88 Å². The van der Waals surface area contributed by atoms with E-state index in [0.29, 0.717) is 26.2 Å². The molecule has 0 saturated carbocycles. The number of alkyl halides is 3. The lowest BCUT2D eigenvalue weighted by atomic mass is 9.96. The molecule has 6 nitrogen and oxygen atoms in total. The summed E-state index contributed by atoms with van der Waals surface area (Å²) in [6, 6.07) is 9.17. The highest BCUT2D eigenvalue weighted by molar-refractivity contribution is 7.17. The summed E-state index contributed by atoms with van der Waals surface area (Å²) in [4.78, 5) is 9.39. The molecule has 5 rings (SSSR count). The van der Waals surface area contributed by atoms with Crippen molar-refractivity contribution >= 4 is 39.9 Å². The lowest BCUT2D eigenvalue weighted by molar-refractivity contribution is -0.138. The zero-order valence-electron chi connectivity index (χ0n) is 21.2. The third-order valence-corrected chi connectivity index (χ3v) is 8.25. The first-order valence-electron chi connectivity index (χ1n) is 12.2. The van der Waals surface area contributed by atoms with Gasteiger partial charge in [0.05, 0.1) is 22.0 Å². The molecule has 1 aromatic heterocycles. The van der Waals surface area contributed by atoms with Crippen molar-refractivity contribution in [3.63, 3.8) is 0 Å². The average molecular weight is 562 g/mol. The lowest BCUT2D eigenvalue weighted by Gasteiger charge is -2.42. The maximum atomic E-state index is 13.9. The number of thiazole rings is 1. The van der Waals surface area contributed by atoms with Crippen molar-refractivity contribution in [3.05, 3.63) is 73.6 Å². The Kier molecular flexibility index (Phi) is 7.00. The lowest BCUT2D eigenvalue weighted by Crippen LogP contribution is -2.53. The van der Waals surface area contributed by atoms with E-state index >= 15 is 0 Å². The Hall–Kier alpha value is -2.95. The van der Waals surface area contributed by atoms with Crippen molar-refractivity contribution < 1.29 is 18.3 Å². The van der Waals surface area contributed by atoms with Gasteiger partial charge in [-0.1, -0.05) is 35.1 Å². The number of nitrogens with zero attached hydrogens (tertiary/aromatic N) is 5. The van der Waals surface area contributed by atoms with E-state index in [1.54, 1.807) is 18.3 Å². The Balaban J connectivity index is 1.58. The van der Waals surface area contributed by atoms with Gasteiger partial charge in [0.25, 0.3) is 0 Å². The Bertz CT molecular complexity index is 1520. The van der Waals surface area contributed by atoms with Crippen LogP contribution in [0.4, 0.5) is 18.3 Å². The number of anilines is 1. The largest absolute Gasteiger partial charge is 0.492 e. The van der Waals surface area contributed by atoms with Gasteiger partial charge in [-0.15, -0.1) is 0 Å². The first-order valence-corrected chi connectivity index (χ1v) is 13.4. The highest BCUT2D eigenvalue weighted by Gasteiger charge is 2.34. The SMILES string of the molecule is CC(C)(C)N1CCN(c2nc(O)c(C(Cc3ccc(Cl)cc3C(F)(F)F)=c3ccc4c(c3)C=NN=4)s2)CC1. The number of hydrogen-bond donors (Lipinski definition) is 1. The summed E-state index contributed by atoms with van der Waals surface area (Å²) in [7, 11) is 0. The first kappa shape index (κ1) is 26.6. The summed E-state index contributed by atoms with van der Waals surface area (Å²) < 4.78 is 41.8. The summed E-state index contributed by atoms with van der Waals surface area (Å²) in [5, 5.41) is 21.0. The molecule has 3 heterocycles. The summed E-state index contributed by atoms with van der Waals surface area (Å²) >= 11 is 7.21. The molecule has 2 aliphatic heterocycles. The minimum atomic E-state index is -4.58. The van der Waals surface area contributed by atoms with E-state index in [2.05, 4.69) is 45.8 Å². The molecule has 0 radical (unpaired) electrons. The van der Waals surface area contributed by atoms with E-state index in [0.717, 1.165) is 37.8 Å². The van der Waals surface area contributed by atoms with Crippen LogP contribution in [0.1, 0.15) is 42.3 Å². The van der Waals surface area contributed by atoms with Gasteiger partial charge in [0.2, 0.25) is 5.88 Å². The van der Waals surface area contributed by atoms with Crippen molar-refractivity contribution in [2.75, 3.05) is 31.1 Å². The van der Waals surface area contributed by atoms with Crippen molar-refractivity contribution in [2.45, 2.75) is 38.9 Å². The van der Waals surface area contributed by atoms with Crippen LogP contribution in [0.25, 0.3) is 5.57 Å². The molecule has 0 aliphatic carbocycles. The second kappa shape index (κ2) is 9.98. The number of fused-ring (bicyclic) bond motifs is 1. The fourth-order valence-corrected chi connectivity index (χ4v) is 6.01. The molecule has 0 bridgehead atoms. The molecule has 0 unspecified atom stereocenters. The summed E-state index contributed by atoms with van der Waals surface area (Å²) in [5.41, 5.74) is 0.609. The average Bonchev–Trinajstić information content (AvgIpc) is 3.48. The smallest absolute Gasteiger partial charge is 0.416 e. The Morgan fingerprint density at radius 1 is 1.05 bits per heavy atom. The van der Waals surface area contributed by atoms with Crippen LogP contribution >= 0.6 is 22.9 Å². The van der Waals surface area contributed by atoms with E-state index in [1.807, 2.05) is 6.07 Å². The molecule has 1 fully saturated rings. The van der Waals surface area contributed by atoms with Crippen molar-refractivity contribution in [2.24, 2.45) is 10.2 Å². The van der Waals surface area contributed by atoms with Gasteiger partial charge in [-0.05, 0) is 61.4 Å². The normalized spacial score (nSPS) is 17.0. The third-order valence-electron chi connectivity index (χ3n) is 6.85. The Labute approximate surface area is 227 Å². The van der Waals surface area contributed by atoms with Gasteiger partial charge in [0.1, 0.15) is 0 Å². The van der Waals surface area contributed by atoms with E-state index in [-0.39, 0.29) is 28.4 Å². The molecule has 0 spiro atoms. The number of hydrogen-bond acceptors (Lipinski definition) is 7. The molecule has 2 aliphatic rings. The predicted molar refractivity (Wildman–Crippen MR) is 145 cm³/mol. The number of piperazine rings is 1. The van der Waals surface area contributed by atoms with Crippen molar-refractivity contribution in [1.29, 1.82) is 0 Å². The number of benzene rings is 2. The molecule has 1 saturated heterocycles. The number of aromatic hydroxyl groups is 1.